The average molecular weight is 284 g/mol. The Hall–Kier alpha value is -1.82. The number of esters is 1. The van der Waals surface area contributed by atoms with Gasteiger partial charge in [-0.2, -0.15) is 0 Å². The highest BCUT2D eigenvalue weighted by Gasteiger charge is 2.32. The van der Waals surface area contributed by atoms with Crippen LogP contribution in [-0.2, 0) is 9.53 Å². The summed E-state index contributed by atoms with van der Waals surface area (Å²) in [7, 11) is 1.34. The number of hydrogen-bond acceptors (Lipinski definition) is 5. The van der Waals surface area contributed by atoms with E-state index in [1.807, 2.05) is 0 Å². The van der Waals surface area contributed by atoms with Gasteiger partial charge in [0, 0.05) is 13.1 Å². The van der Waals surface area contributed by atoms with Crippen molar-refractivity contribution in [3.05, 3.63) is 23.0 Å². The van der Waals surface area contributed by atoms with Crippen molar-refractivity contribution < 1.29 is 14.3 Å². The molecule has 0 radical (unpaired) electrons. The van der Waals surface area contributed by atoms with Crippen molar-refractivity contribution in [1.82, 2.24) is 9.88 Å². The molecule has 1 saturated heterocycles. The lowest BCUT2D eigenvalue weighted by atomic mass is 10.1. The minimum atomic E-state index is -0.295. The maximum Gasteiger partial charge on any atom is 0.310 e. The molecule has 6 nitrogen and oxygen atoms in total. The molecule has 19 heavy (non-hydrogen) atoms. The Labute approximate surface area is 115 Å². The zero-order valence-electron chi connectivity index (χ0n) is 10.4. The number of anilines is 1. The number of ether oxygens (including phenoxy) is 1. The Morgan fingerprint density at radius 1 is 1.58 bits per heavy atom. The summed E-state index contributed by atoms with van der Waals surface area (Å²) in [6, 6.07) is 1.44. The van der Waals surface area contributed by atoms with Crippen molar-refractivity contribution in [3.8, 4) is 0 Å². The van der Waals surface area contributed by atoms with E-state index in [1.165, 1.54) is 19.4 Å². The Bertz CT molecular complexity index is 521. The number of aromatic nitrogens is 1. The van der Waals surface area contributed by atoms with Gasteiger partial charge < -0.3 is 15.4 Å². The summed E-state index contributed by atoms with van der Waals surface area (Å²) in [5, 5.41) is 0.210. The van der Waals surface area contributed by atoms with Gasteiger partial charge in [-0.25, -0.2) is 4.98 Å². The summed E-state index contributed by atoms with van der Waals surface area (Å²) in [6.45, 7) is 0.836. The molecule has 7 heteroatoms. The molecule has 0 saturated carbocycles. The highest BCUT2D eigenvalue weighted by atomic mass is 35.5. The van der Waals surface area contributed by atoms with Gasteiger partial charge in [0.1, 0.15) is 5.15 Å². The van der Waals surface area contributed by atoms with E-state index in [0.29, 0.717) is 25.1 Å². The first-order chi connectivity index (χ1) is 9.02. The number of carbonyl (C=O) groups is 2. The number of halogens is 1. The zero-order chi connectivity index (χ0) is 14.0. The second-order valence-electron chi connectivity index (χ2n) is 4.35. The molecule has 1 atom stereocenters. The van der Waals surface area contributed by atoms with Gasteiger partial charge in [-0.3, -0.25) is 9.59 Å². The maximum absolute atomic E-state index is 12.3. The first-order valence-electron chi connectivity index (χ1n) is 5.81. The molecule has 0 aromatic carbocycles. The van der Waals surface area contributed by atoms with Crippen LogP contribution in [0.25, 0.3) is 0 Å². The molecule has 1 fully saturated rings. The fourth-order valence-electron chi connectivity index (χ4n) is 2.10. The number of methoxy groups -OCH3 is 1. The summed E-state index contributed by atoms with van der Waals surface area (Å²) in [6.07, 6.45) is 1.95. The normalized spacial score (nSPS) is 18.4. The van der Waals surface area contributed by atoms with Crippen molar-refractivity contribution in [3.63, 3.8) is 0 Å². The molecule has 1 amide bonds. The first kappa shape index (κ1) is 13.6. The third-order valence-electron chi connectivity index (χ3n) is 3.14. The Morgan fingerprint density at radius 2 is 2.32 bits per heavy atom. The van der Waals surface area contributed by atoms with Crippen LogP contribution in [0.15, 0.2) is 12.3 Å². The molecule has 1 aromatic rings. The third kappa shape index (κ3) is 2.78. The van der Waals surface area contributed by atoms with Crippen molar-refractivity contribution in [1.29, 1.82) is 0 Å². The summed E-state index contributed by atoms with van der Waals surface area (Å²) in [5.41, 5.74) is 6.30. The summed E-state index contributed by atoms with van der Waals surface area (Å²) in [5.74, 6) is -0.809. The summed E-state index contributed by atoms with van der Waals surface area (Å²) in [4.78, 5) is 29.1. The minimum Gasteiger partial charge on any atom is -0.469 e. The van der Waals surface area contributed by atoms with Crippen molar-refractivity contribution >= 4 is 29.2 Å². The number of nitrogens with two attached hydrogens (primary N) is 1. The van der Waals surface area contributed by atoms with Gasteiger partial charge >= 0.3 is 5.97 Å². The van der Waals surface area contributed by atoms with Crippen LogP contribution < -0.4 is 5.73 Å². The summed E-state index contributed by atoms with van der Waals surface area (Å²) < 4.78 is 4.68. The van der Waals surface area contributed by atoms with Gasteiger partial charge in [0.25, 0.3) is 5.91 Å². The SMILES string of the molecule is COC(=O)C1CCN(C(=O)c2cc(Cl)ncc2N)C1. The van der Waals surface area contributed by atoms with E-state index >= 15 is 0 Å². The molecule has 1 unspecified atom stereocenters. The van der Waals surface area contributed by atoms with Gasteiger partial charge in [-0.1, -0.05) is 11.6 Å². The quantitative estimate of drug-likeness (QED) is 0.645. The number of pyridine rings is 1. The molecule has 2 heterocycles. The maximum atomic E-state index is 12.3. The molecule has 0 spiro atoms. The van der Waals surface area contributed by atoms with Crippen LogP contribution in [0.3, 0.4) is 0 Å². The average Bonchev–Trinajstić information content (AvgIpc) is 2.89. The smallest absolute Gasteiger partial charge is 0.310 e. The number of nitrogen functional groups attached to an aromatic ring is 1. The molecular weight excluding hydrogens is 270 g/mol. The van der Waals surface area contributed by atoms with E-state index in [4.69, 9.17) is 17.3 Å². The second-order valence-corrected chi connectivity index (χ2v) is 4.74. The molecule has 1 aliphatic heterocycles. The fourth-order valence-corrected chi connectivity index (χ4v) is 2.26. The van der Waals surface area contributed by atoms with E-state index < -0.39 is 0 Å². The predicted molar refractivity (Wildman–Crippen MR) is 69.7 cm³/mol. The topological polar surface area (TPSA) is 85.5 Å². The van der Waals surface area contributed by atoms with Crippen LogP contribution in [0.1, 0.15) is 16.8 Å². The van der Waals surface area contributed by atoms with Crippen LogP contribution in [-0.4, -0.2) is 42.0 Å². The lowest BCUT2D eigenvalue weighted by molar-refractivity contribution is -0.144. The summed E-state index contributed by atoms with van der Waals surface area (Å²) >= 11 is 5.76. The minimum absolute atomic E-state index is 0.210. The third-order valence-corrected chi connectivity index (χ3v) is 3.35. The molecule has 0 bridgehead atoms. The van der Waals surface area contributed by atoms with Gasteiger partial charge in [0.15, 0.2) is 0 Å². The fraction of sp³-hybridized carbons (Fsp3) is 0.417. The highest BCUT2D eigenvalue weighted by molar-refractivity contribution is 6.29. The Morgan fingerprint density at radius 3 is 3.00 bits per heavy atom. The van der Waals surface area contributed by atoms with E-state index in [1.54, 1.807) is 4.90 Å². The predicted octanol–water partition coefficient (Wildman–Crippen LogP) is 0.952. The highest BCUT2D eigenvalue weighted by Crippen LogP contribution is 2.23. The number of amides is 1. The number of rotatable bonds is 2. The molecule has 0 aliphatic carbocycles. The lowest BCUT2D eigenvalue weighted by Gasteiger charge is -2.17. The van der Waals surface area contributed by atoms with Crippen LogP contribution in [0.4, 0.5) is 5.69 Å². The molecule has 102 valence electrons. The van der Waals surface area contributed by atoms with Crippen LogP contribution in [0, 0.1) is 5.92 Å². The lowest BCUT2D eigenvalue weighted by Crippen LogP contribution is -2.30. The van der Waals surface area contributed by atoms with E-state index in [-0.39, 0.29) is 28.6 Å². The molecule has 2 N–H and O–H groups in total. The monoisotopic (exact) mass is 283 g/mol. The van der Waals surface area contributed by atoms with Crippen LogP contribution in [0.2, 0.25) is 5.15 Å². The Balaban J connectivity index is 2.13. The van der Waals surface area contributed by atoms with Crippen molar-refractivity contribution in [2.75, 3.05) is 25.9 Å². The molecule has 2 rings (SSSR count). The number of nitrogens with zero attached hydrogens (tertiary/aromatic N) is 2. The van der Waals surface area contributed by atoms with Crippen LogP contribution >= 0.6 is 11.6 Å². The number of carbonyl (C=O) groups excluding carboxylic acids is 2. The van der Waals surface area contributed by atoms with Gasteiger partial charge in [-0.05, 0) is 12.5 Å². The van der Waals surface area contributed by atoms with E-state index in [2.05, 4.69) is 9.72 Å². The number of likely N-dealkylation sites (tertiary alicyclic amines) is 1. The number of hydrogen-bond donors (Lipinski definition) is 1. The van der Waals surface area contributed by atoms with Gasteiger partial charge in [0.05, 0.1) is 30.5 Å². The largest absolute Gasteiger partial charge is 0.469 e. The van der Waals surface area contributed by atoms with E-state index in [0.717, 1.165) is 0 Å². The van der Waals surface area contributed by atoms with Gasteiger partial charge in [-0.15, -0.1) is 0 Å². The Kier molecular flexibility index (Phi) is 3.90. The first-order valence-corrected chi connectivity index (χ1v) is 6.19. The van der Waals surface area contributed by atoms with Crippen molar-refractivity contribution in [2.45, 2.75) is 6.42 Å². The van der Waals surface area contributed by atoms with Gasteiger partial charge in [0.2, 0.25) is 0 Å². The molecule has 1 aromatic heterocycles. The zero-order valence-corrected chi connectivity index (χ0v) is 11.2. The standard InChI is InChI=1S/C12H14ClN3O3/c1-19-12(18)7-2-3-16(6-7)11(17)8-4-10(13)15-5-9(8)14/h4-5,7H,2-3,6,14H2,1H3. The second kappa shape index (κ2) is 5.44. The van der Waals surface area contributed by atoms with Crippen molar-refractivity contribution in [2.24, 2.45) is 5.92 Å². The van der Waals surface area contributed by atoms with E-state index in [9.17, 15) is 9.59 Å². The molecule has 1 aliphatic rings. The van der Waals surface area contributed by atoms with Crippen LogP contribution in [0.5, 0.6) is 0 Å². The molecular formula is C12H14ClN3O3.